The number of carbonyl (C=O) groups is 2. The Balaban J connectivity index is 2.09. The minimum atomic E-state index is -0.773. The number of rotatable bonds is 8. The summed E-state index contributed by atoms with van der Waals surface area (Å²) in [5.74, 6) is -1.19. The first kappa shape index (κ1) is 15.0. The lowest BCUT2D eigenvalue weighted by Gasteiger charge is -2.10. The third kappa shape index (κ3) is 5.04. The summed E-state index contributed by atoms with van der Waals surface area (Å²) < 4.78 is 4.94. The fraction of sp³-hybridized carbons (Fsp3) is 0.846. The molecule has 1 fully saturated rings. The van der Waals surface area contributed by atoms with Gasteiger partial charge in [-0.05, 0) is 38.5 Å². The van der Waals surface area contributed by atoms with Gasteiger partial charge in [0.2, 0.25) is 5.91 Å². The molecular weight excluding hydrogens is 234 g/mol. The number of carbonyl (C=O) groups excluding carboxylic acids is 1. The van der Waals surface area contributed by atoms with Crippen LogP contribution in [-0.2, 0) is 14.3 Å². The average molecular weight is 257 g/mol. The summed E-state index contributed by atoms with van der Waals surface area (Å²) >= 11 is 0. The normalized spacial score (nSPS) is 22.9. The molecule has 0 aromatic heterocycles. The minimum Gasteiger partial charge on any atom is -0.481 e. The number of aliphatic carboxylic acids is 1. The van der Waals surface area contributed by atoms with Crippen LogP contribution < -0.4 is 5.32 Å². The fourth-order valence-electron chi connectivity index (χ4n) is 2.35. The number of hydrogen-bond acceptors (Lipinski definition) is 3. The summed E-state index contributed by atoms with van der Waals surface area (Å²) in [6.07, 6.45) is 4.82. The van der Waals surface area contributed by atoms with E-state index in [9.17, 15) is 9.59 Å². The van der Waals surface area contributed by atoms with Gasteiger partial charge >= 0.3 is 5.97 Å². The Morgan fingerprint density at radius 3 is 2.56 bits per heavy atom. The molecule has 5 heteroatoms. The minimum absolute atomic E-state index is 0.0190. The van der Waals surface area contributed by atoms with Crippen LogP contribution in [0.4, 0.5) is 0 Å². The Bertz CT molecular complexity index is 280. The molecule has 0 heterocycles. The highest BCUT2D eigenvalue weighted by atomic mass is 16.5. The van der Waals surface area contributed by atoms with Crippen molar-refractivity contribution >= 4 is 11.9 Å². The molecule has 18 heavy (non-hydrogen) atoms. The van der Waals surface area contributed by atoms with Crippen molar-refractivity contribution < 1.29 is 19.4 Å². The average Bonchev–Trinajstić information content (AvgIpc) is 2.83. The predicted octanol–water partition coefficient (Wildman–Crippen LogP) is 1.42. The number of carboxylic acids is 1. The summed E-state index contributed by atoms with van der Waals surface area (Å²) in [5, 5.41) is 11.8. The van der Waals surface area contributed by atoms with Crippen molar-refractivity contribution in [1.82, 2.24) is 5.32 Å². The Morgan fingerprint density at radius 1 is 1.22 bits per heavy atom. The van der Waals surface area contributed by atoms with Crippen LogP contribution in [0, 0.1) is 11.8 Å². The Morgan fingerprint density at radius 2 is 1.94 bits per heavy atom. The number of ether oxygens (including phenoxy) is 1. The van der Waals surface area contributed by atoms with Crippen molar-refractivity contribution in [3.8, 4) is 0 Å². The van der Waals surface area contributed by atoms with Crippen molar-refractivity contribution in [1.29, 1.82) is 0 Å². The Labute approximate surface area is 108 Å². The second-order valence-corrected chi connectivity index (χ2v) is 4.89. The first-order chi connectivity index (χ1) is 8.65. The van der Waals surface area contributed by atoms with Crippen molar-refractivity contribution in [2.45, 2.75) is 38.5 Å². The van der Waals surface area contributed by atoms with Crippen LogP contribution in [0.1, 0.15) is 38.5 Å². The van der Waals surface area contributed by atoms with E-state index in [4.69, 9.17) is 9.84 Å². The first-order valence-corrected chi connectivity index (χ1v) is 6.64. The van der Waals surface area contributed by atoms with E-state index in [1.807, 2.05) is 0 Å². The predicted molar refractivity (Wildman–Crippen MR) is 67.2 cm³/mol. The number of amides is 1. The SMILES string of the molecule is COCCCCCNC(=O)C1CCC(C(=O)O)C1. The molecule has 0 aromatic carbocycles. The smallest absolute Gasteiger partial charge is 0.306 e. The number of unbranched alkanes of at least 4 members (excludes halogenated alkanes) is 2. The Hall–Kier alpha value is -1.10. The maximum absolute atomic E-state index is 11.8. The molecule has 0 bridgehead atoms. The standard InChI is InChI=1S/C13H23NO4/c1-18-8-4-2-3-7-14-12(15)10-5-6-11(9-10)13(16)17/h10-11H,2-9H2,1H3,(H,14,15)(H,16,17). The van der Waals surface area contributed by atoms with Crippen molar-refractivity contribution in [3.63, 3.8) is 0 Å². The van der Waals surface area contributed by atoms with E-state index in [0.717, 1.165) is 25.9 Å². The molecule has 0 saturated heterocycles. The van der Waals surface area contributed by atoms with E-state index in [1.54, 1.807) is 7.11 Å². The number of nitrogens with one attached hydrogen (secondary N) is 1. The zero-order valence-corrected chi connectivity index (χ0v) is 11.0. The number of carboxylic acid groups (broad SMARTS) is 1. The summed E-state index contributed by atoms with van der Waals surface area (Å²) in [4.78, 5) is 22.6. The second kappa shape index (κ2) is 8.08. The van der Waals surface area contributed by atoms with E-state index < -0.39 is 5.97 Å². The molecule has 1 saturated carbocycles. The van der Waals surface area contributed by atoms with E-state index in [-0.39, 0.29) is 17.7 Å². The molecule has 0 aliphatic heterocycles. The van der Waals surface area contributed by atoms with E-state index in [1.165, 1.54) is 0 Å². The third-order valence-corrected chi connectivity index (χ3v) is 3.48. The van der Waals surface area contributed by atoms with Gasteiger partial charge < -0.3 is 15.2 Å². The second-order valence-electron chi connectivity index (χ2n) is 4.89. The van der Waals surface area contributed by atoms with Gasteiger partial charge in [0, 0.05) is 26.2 Å². The summed E-state index contributed by atoms with van der Waals surface area (Å²) in [5.41, 5.74) is 0. The van der Waals surface area contributed by atoms with Crippen LogP contribution in [0.15, 0.2) is 0 Å². The molecule has 0 spiro atoms. The van der Waals surface area contributed by atoms with Gasteiger partial charge in [0.15, 0.2) is 0 Å². The van der Waals surface area contributed by atoms with Crippen LogP contribution >= 0.6 is 0 Å². The van der Waals surface area contributed by atoms with Crippen LogP contribution in [0.3, 0.4) is 0 Å². The van der Waals surface area contributed by atoms with E-state index in [2.05, 4.69) is 5.32 Å². The molecule has 2 unspecified atom stereocenters. The van der Waals surface area contributed by atoms with Crippen LogP contribution in [0.5, 0.6) is 0 Å². The largest absolute Gasteiger partial charge is 0.481 e. The quantitative estimate of drug-likeness (QED) is 0.645. The lowest BCUT2D eigenvalue weighted by atomic mass is 10.0. The molecule has 1 rings (SSSR count). The lowest BCUT2D eigenvalue weighted by molar-refractivity contribution is -0.141. The van der Waals surface area contributed by atoms with Gasteiger partial charge in [-0.1, -0.05) is 0 Å². The summed E-state index contributed by atoms with van der Waals surface area (Å²) in [6, 6.07) is 0. The first-order valence-electron chi connectivity index (χ1n) is 6.64. The number of methoxy groups -OCH3 is 1. The molecule has 1 amide bonds. The molecule has 0 aromatic rings. The molecule has 1 aliphatic carbocycles. The van der Waals surface area contributed by atoms with Crippen LogP contribution in [-0.4, -0.2) is 37.2 Å². The molecule has 1 aliphatic rings. The zero-order chi connectivity index (χ0) is 13.4. The van der Waals surface area contributed by atoms with Gasteiger partial charge in [0.05, 0.1) is 5.92 Å². The zero-order valence-electron chi connectivity index (χ0n) is 11.0. The summed E-state index contributed by atoms with van der Waals surface area (Å²) in [6.45, 7) is 1.44. The topological polar surface area (TPSA) is 75.6 Å². The Kier molecular flexibility index (Phi) is 6.72. The third-order valence-electron chi connectivity index (χ3n) is 3.48. The van der Waals surface area contributed by atoms with Gasteiger partial charge in [-0.15, -0.1) is 0 Å². The van der Waals surface area contributed by atoms with E-state index in [0.29, 0.717) is 25.8 Å². The lowest BCUT2D eigenvalue weighted by Crippen LogP contribution is -2.30. The van der Waals surface area contributed by atoms with Gasteiger partial charge in [0.25, 0.3) is 0 Å². The van der Waals surface area contributed by atoms with Crippen molar-refractivity contribution in [2.75, 3.05) is 20.3 Å². The highest BCUT2D eigenvalue weighted by molar-refractivity contribution is 5.80. The van der Waals surface area contributed by atoms with Crippen LogP contribution in [0.2, 0.25) is 0 Å². The van der Waals surface area contributed by atoms with Crippen LogP contribution in [0.25, 0.3) is 0 Å². The molecular formula is C13H23NO4. The monoisotopic (exact) mass is 257 g/mol. The van der Waals surface area contributed by atoms with Crippen molar-refractivity contribution in [3.05, 3.63) is 0 Å². The molecule has 104 valence electrons. The van der Waals surface area contributed by atoms with Gasteiger partial charge in [-0.25, -0.2) is 0 Å². The highest BCUT2D eigenvalue weighted by Crippen LogP contribution is 2.30. The summed E-state index contributed by atoms with van der Waals surface area (Å²) in [7, 11) is 1.68. The van der Waals surface area contributed by atoms with Gasteiger partial charge in [0.1, 0.15) is 0 Å². The maximum atomic E-state index is 11.8. The van der Waals surface area contributed by atoms with E-state index >= 15 is 0 Å². The molecule has 0 radical (unpaired) electrons. The van der Waals surface area contributed by atoms with Crippen molar-refractivity contribution in [2.24, 2.45) is 11.8 Å². The highest BCUT2D eigenvalue weighted by Gasteiger charge is 2.33. The molecule has 2 N–H and O–H groups in total. The van der Waals surface area contributed by atoms with Gasteiger partial charge in [-0.2, -0.15) is 0 Å². The number of hydrogen-bond donors (Lipinski definition) is 2. The molecule has 2 atom stereocenters. The maximum Gasteiger partial charge on any atom is 0.306 e. The molecule has 5 nitrogen and oxygen atoms in total. The fourth-order valence-corrected chi connectivity index (χ4v) is 2.35. The van der Waals surface area contributed by atoms with Gasteiger partial charge in [-0.3, -0.25) is 9.59 Å².